The minimum atomic E-state index is -0.425. The zero-order valence-corrected chi connectivity index (χ0v) is 11.4. The second-order valence-electron chi connectivity index (χ2n) is 3.83. The Balaban J connectivity index is 2.52. The van der Waals surface area contributed by atoms with Gasteiger partial charge in [0.2, 0.25) is 0 Å². The highest BCUT2D eigenvalue weighted by molar-refractivity contribution is 7.18. The number of hydrogen-bond donors (Lipinski definition) is 1. The maximum absolute atomic E-state index is 11.8. The number of ether oxygens (including phenoxy) is 1. The summed E-state index contributed by atoms with van der Waals surface area (Å²) in [4.78, 5) is 23.4. The minimum Gasteiger partial charge on any atom is -0.462 e. The molecule has 96 valence electrons. The number of thiophene rings is 1. The third kappa shape index (κ3) is 2.04. The van der Waals surface area contributed by atoms with Crippen molar-refractivity contribution in [3.8, 4) is 0 Å². The summed E-state index contributed by atoms with van der Waals surface area (Å²) in [6.07, 6.45) is 1.87. The summed E-state index contributed by atoms with van der Waals surface area (Å²) in [5, 5.41) is 0.794. The van der Waals surface area contributed by atoms with Gasteiger partial charge in [0.05, 0.1) is 22.1 Å². The largest absolute Gasteiger partial charge is 0.462 e. The highest BCUT2D eigenvalue weighted by atomic mass is 35.5. The van der Waals surface area contributed by atoms with E-state index in [0.717, 1.165) is 11.8 Å². The van der Waals surface area contributed by atoms with E-state index in [9.17, 15) is 9.59 Å². The number of nitrogen functional groups attached to an aromatic ring is 1. The predicted molar refractivity (Wildman–Crippen MR) is 71.8 cm³/mol. The molecule has 0 unspecified atom stereocenters. The first-order valence-electron chi connectivity index (χ1n) is 5.52. The molecule has 1 aromatic heterocycles. The summed E-state index contributed by atoms with van der Waals surface area (Å²) in [5.41, 5.74) is 7.61. The first-order chi connectivity index (χ1) is 8.60. The first-order valence-corrected chi connectivity index (χ1v) is 6.72. The summed E-state index contributed by atoms with van der Waals surface area (Å²) in [7, 11) is 0. The Kier molecular flexibility index (Phi) is 3.73. The molecule has 6 heteroatoms. The lowest BCUT2D eigenvalue weighted by Gasteiger charge is -2.13. The van der Waals surface area contributed by atoms with Crippen LogP contribution in [-0.4, -0.2) is 18.9 Å². The summed E-state index contributed by atoms with van der Waals surface area (Å²) in [5.74, 6) is -0.425. The average molecular weight is 286 g/mol. The van der Waals surface area contributed by atoms with Gasteiger partial charge in [0.1, 0.15) is 11.3 Å². The summed E-state index contributed by atoms with van der Waals surface area (Å²) < 4.78 is 4.98. The van der Waals surface area contributed by atoms with Gasteiger partial charge in [-0.3, -0.25) is 4.79 Å². The number of hydrogen-bond acceptors (Lipinski definition) is 5. The molecule has 1 aromatic rings. The number of esters is 1. The monoisotopic (exact) mass is 285 g/mol. The predicted octanol–water partition coefficient (Wildman–Crippen LogP) is 2.60. The van der Waals surface area contributed by atoms with Crippen LogP contribution in [0.25, 0.3) is 5.03 Å². The molecule has 0 radical (unpaired) electrons. The third-order valence-corrected chi connectivity index (χ3v) is 4.40. The molecule has 18 heavy (non-hydrogen) atoms. The van der Waals surface area contributed by atoms with Crippen molar-refractivity contribution >= 4 is 45.2 Å². The number of nitrogens with two attached hydrogens (primary N) is 1. The van der Waals surface area contributed by atoms with Crippen LogP contribution < -0.4 is 5.73 Å². The third-order valence-electron chi connectivity index (χ3n) is 2.78. The molecule has 0 aromatic carbocycles. The molecule has 1 aliphatic rings. The second-order valence-corrected chi connectivity index (χ2v) is 5.26. The molecular weight excluding hydrogens is 274 g/mol. The lowest BCUT2D eigenvalue weighted by atomic mass is 9.95. The highest BCUT2D eigenvalue weighted by Crippen LogP contribution is 2.43. The molecule has 4 nitrogen and oxygen atoms in total. The Bertz CT molecular complexity index is 548. The first kappa shape index (κ1) is 13.1. The van der Waals surface area contributed by atoms with E-state index in [1.165, 1.54) is 11.3 Å². The van der Waals surface area contributed by atoms with Crippen LogP contribution in [0, 0.1) is 0 Å². The minimum absolute atomic E-state index is 0.298. The number of carbonyl (C=O) groups excluding carboxylic acids is 2. The Hall–Kier alpha value is -1.33. The van der Waals surface area contributed by atoms with E-state index in [1.807, 2.05) is 0 Å². The van der Waals surface area contributed by atoms with E-state index < -0.39 is 5.97 Å². The molecule has 0 fully saturated rings. The number of rotatable bonds is 3. The van der Waals surface area contributed by atoms with Crippen LogP contribution in [0.3, 0.4) is 0 Å². The van der Waals surface area contributed by atoms with E-state index in [-0.39, 0.29) is 0 Å². The fourth-order valence-electron chi connectivity index (χ4n) is 1.95. The van der Waals surface area contributed by atoms with Gasteiger partial charge < -0.3 is 10.5 Å². The Morgan fingerprint density at radius 3 is 2.89 bits per heavy atom. The van der Waals surface area contributed by atoms with Crippen LogP contribution >= 0.6 is 22.9 Å². The normalized spacial score (nSPS) is 14.3. The molecule has 0 aliphatic heterocycles. The van der Waals surface area contributed by atoms with Crippen molar-refractivity contribution < 1.29 is 14.3 Å². The molecule has 0 amide bonds. The van der Waals surface area contributed by atoms with Crippen LogP contribution in [0.1, 0.15) is 34.1 Å². The molecule has 0 saturated heterocycles. The van der Waals surface area contributed by atoms with Crippen LogP contribution in [0.5, 0.6) is 0 Å². The Morgan fingerprint density at radius 1 is 1.56 bits per heavy atom. The lowest BCUT2D eigenvalue weighted by molar-refractivity contribution is -0.105. The molecule has 2 N–H and O–H groups in total. The average Bonchev–Trinajstić information content (AvgIpc) is 2.67. The molecule has 0 spiro atoms. The molecule has 0 bridgehead atoms. The molecule has 0 saturated carbocycles. The van der Waals surface area contributed by atoms with E-state index in [4.69, 9.17) is 22.1 Å². The van der Waals surface area contributed by atoms with E-state index in [1.54, 1.807) is 6.92 Å². The molecule has 1 aliphatic carbocycles. The maximum Gasteiger partial charge on any atom is 0.341 e. The van der Waals surface area contributed by atoms with Crippen LogP contribution in [0.2, 0.25) is 0 Å². The summed E-state index contributed by atoms with van der Waals surface area (Å²) >= 11 is 7.36. The zero-order chi connectivity index (χ0) is 13.3. The smallest absolute Gasteiger partial charge is 0.341 e. The quantitative estimate of drug-likeness (QED) is 0.684. The number of carbonyl (C=O) groups is 2. The topological polar surface area (TPSA) is 69.4 Å². The van der Waals surface area contributed by atoms with Crippen molar-refractivity contribution in [2.45, 2.75) is 19.8 Å². The molecule has 2 rings (SSSR count). The van der Waals surface area contributed by atoms with Crippen LogP contribution in [0.15, 0.2) is 5.57 Å². The van der Waals surface area contributed by atoms with Crippen molar-refractivity contribution in [2.75, 3.05) is 12.3 Å². The van der Waals surface area contributed by atoms with Gasteiger partial charge >= 0.3 is 5.97 Å². The Morgan fingerprint density at radius 2 is 2.28 bits per heavy atom. The van der Waals surface area contributed by atoms with Crippen molar-refractivity contribution in [1.29, 1.82) is 0 Å². The molecule has 0 atom stereocenters. The van der Waals surface area contributed by atoms with Gasteiger partial charge in [0, 0.05) is 5.57 Å². The highest BCUT2D eigenvalue weighted by Gasteiger charge is 2.28. The number of allylic oxidation sites excluding steroid dienone is 1. The summed E-state index contributed by atoms with van der Waals surface area (Å²) in [6, 6.07) is 0. The van der Waals surface area contributed by atoms with Crippen molar-refractivity contribution in [2.24, 2.45) is 0 Å². The van der Waals surface area contributed by atoms with Gasteiger partial charge in [-0.2, -0.15) is 0 Å². The number of fused-ring (bicyclic) bond motifs is 1. The molecular formula is C12H12ClNO3S. The molecule has 1 heterocycles. The van der Waals surface area contributed by atoms with Crippen molar-refractivity contribution in [3.63, 3.8) is 0 Å². The second kappa shape index (κ2) is 5.12. The van der Waals surface area contributed by atoms with Gasteiger partial charge in [-0.05, 0) is 25.3 Å². The van der Waals surface area contributed by atoms with Crippen LogP contribution in [0.4, 0.5) is 5.00 Å². The summed E-state index contributed by atoms with van der Waals surface area (Å²) in [6.45, 7) is 2.04. The fourth-order valence-corrected chi connectivity index (χ4v) is 3.40. The lowest BCUT2D eigenvalue weighted by Crippen LogP contribution is -2.11. The van der Waals surface area contributed by atoms with Gasteiger partial charge in [-0.25, -0.2) is 4.79 Å². The zero-order valence-electron chi connectivity index (χ0n) is 9.79. The standard InChI is InChI=1S/C12H12ClNO3S/c1-2-17-12(16)8-7-4-3-6(5-15)9(13)10(7)18-11(8)14/h5H,2-4,14H2,1H3. The van der Waals surface area contributed by atoms with E-state index in [2.05, 4.69) is 0 Å². The SMILES string of the molecule is CCOC(=O)c1c(N)sc2c1CCC(C=O)=C2Cl. The fraction of sp³-hybridized carbons (Fsp3) is 0.333. The van der Waals surface area contributed by atoms with E-state index in [0.29, 0.717) is 45.5 Å². The number of halogens is 1. The van der Waals surface area contributed by atoms with Crippen molar-refractivity contribution in [3.05, 3.63) is 21.6 Å². The maximum atomic E-state index is 11.8. The van der Waals surface area contributed by atoms with Crippen LogP contribution in [-0.2, 0) is 16.0 Å². The number of aldehydes is 1. The van der Waals surface area contributed by atoms with Gasteiger partial charge in [0.15, 0.2) is 0 Å². The van der Waals surface area contributed by atoms with Gasteiger partial charge in [0.25, 0.3) is 0 Å². The van der Waals surface area contributed by atoms with E-state index >= 15 is 0 Å². The number of anilines is 1. The van der Waals surface area contributed by atoms with Gasteiger partial charge in [-0.1, -0.05) is 11.6 Å². The van der Waals surface area contributed by atoms with Crippen molar-refractivity contribution in [1.82, 2.24) is 0 Å². The Labute approximate surface area is 113 Å². The van der Waals surface area contributed by atoms with Gasteiger partial charge in [-0.15, -0.1) is 11.3 Å².